The highest BCUT2D eigenvalue weighted by Gasteiger charge is 2.09. The zero-order chi connectivity index (χ0) is 10.7. The van der Waals surface area contributed by atoms with Crippen molar-refractivity contribution in [2.75, 3.05) is 0 Å². The van der Waals surface area contributed by atoms with Crippen LogP contribution in [0, 0.1) is 0 Å². The van der Waals surface area contributed by atoms with Gasteiger partial charge in [-0.2, -0.15) is 0 Å². The summed E-state index contributed by atoms with van der Waals surface area (Å²) in [7, 11) is 0. The molecule has 2 rings (SSSR count). The van der Waals surface area contributed by atoms with E-state index in [1.54, 1.807) is 18.3 Å². The highest BCUT2D eigenvalue weighted by Crippen LogP contribution is 2.16. The molecule has 15 heavy (non-hydrogen) atoms. The van der Waals surface area contributed by atoms with E-state index in [1.165, 1.54) is 0 Å². The van der Waals surface area contributed by atoms with Gasteiger partial charge in [0.25, 0.3) is 0 Å². The number of rotatable bonds is 2. The van der Waals surface area contributed by atoms with E-state index in [0.29, 0.717) is 10.9 Å². The summed E-state index contributed by atoms with van der Waals surface area (Å²) in [5.41, 5.74) is 6.37. The number of pyridine rings is 1. The molecule has 3 nitrogen and oxygen atoms in total. The normalized spacial score (nSPS) is 19.8. The quantitative estimate of drug-likeness (QED) is 0.835. The van der Waals surface area contributed by atoms with Gasteiger partial charge < -0.3 is 10.5 Å². The average molecular weight is 223 g/mol. The minimum absolute atomic E-state index is 0.00553. The molecule has 0 amide bonds. The Morgan fingerprint density at radius 1 is 1.47 bits per heavy atom. The fourth-order valence-electron chi connectivity index (χ4n) is 1.29. The Morgan fingerprint density at radius 3 is 2.93 bits per heavy atom. The van der Waals surface area contributed by atoms with Crippen molar-refractivity contribution in [3.63, 3.8) is 0 Å². The van der Waals surface area contributed by atoms with Gasteiger partial charge in [0, 0.05) is 24.4 Å². The van der Waals surface area contributed by atoms with Gasteiger partial charge in [0.2, 0.25) is 5.88 Å². The van der Waals surface area contributed by atoms with Crippen LogP contribution in [0.2, 0.25) is 5.02 Å². The van der Waals surface area contributed by atoms with Crippen LogP contribution in [-0.2, 0) is 0 Å². The molecular formula is C11H11ClN2O. The van der Waals surface area contributed by atoms with E-state index >= 15 is 0 Å². The molecule has 4 heteroatoms. The fourth-order valence-corrected chi connectivity index (χ4v) is 1.40. The smallest absolute Gasteiger partial charge is 0.213 e. The molecule has 78 valence electrons. The number of ether oxygens (including phenoxy) is 1. The molecule has 1 aromatic heterocycles. The highest BCUT2D eigenvalue weighted by molar-refractivity contribution is 6.30. The van der Waals surface area contributed by atoms with Gasteiger partial charge in [0.1, 0.15) is 6.10 Å². The highest BCUT2D eigenvalue weighted by atomic mass is 35.5. The number of allylic oxidation sites excluding steroid dienone is 1. The monoisotopic (exact) mass is 222 g/mol. The Balaban J connectivity index is 1.99. The molecule has 0 saturated carbocycles. The van der Waals surface area contributed by atoms with Crippen LogP contribution in [0.4, 0.5) is 0 Å². The van der Waals surface area contributed by atoms with Crippen molar-refractivity contribution in [2.24, 2.45) is 5.73 Å². The second-order valence-corrected chi connectivity index (χ2v) is 3.71. The number of hydrogen-bond donors (Lipinski definition) is 1. The number of halogens is 1. The van der Waals surface area contributed by atoms with Gasteiger partial charge in [-0.1, -0.05) is 17.7 Å². The summed E-state index contributed by atoms with van der Waals surface area (Å²) < 4.78 is 5.60. The topological polar surface area (TPSA) is 48.1 Å². The van der Waals surface area contributed by atoms with Gasteiger partial charge in [0.15, 0.2) is 0 Å². The van der Waals surface area contributed by atoms with Crippen molar-refractivity contribution < 1.29 is 4.74 Å². The molecule has 2 N–H and O–H groups in total. The summed E-state index contributed by atoms with van der Waals surface area (Å²) in [4.78, 5) is 4.05. The third-order valence-electron chi connectivity index (χ3n) is 2.06. The van der Waals surface area contributed by atoms with E-state index in [-0.39, 0.29) is 6.10 Å². The minimum Gasteiger partial charge on any atom is -0.470 e. The zero-order valence-corrected chi connectivity index (χ0v) is 8.82. The molecule has 0 spiro atoms. The van der Waals surface area contributed by atoms with E-state index in [4.69, 9.17) is 22.1 Å². The zero-order valence-electron chi connectivity index (χ0n) is 8.06. The van der Waals surface area contributed by atoms with Crippen molar-refractivity contribution in [1.82, 2.24) is 4.98 Å². The van der Waals surface area contributed by atoms with Gasteiger partial charge in [-0.15, -0.1) is 0 Å². The Kier molecular flexibility index (Phi) is 2.92. The Bertz CT molecular complexity index is 398. The van der Waals surface area contributed by atoms with E-state index in [9.17, 15) is 0 Å². The lowest BCUT2D eigenvalue weighted by Crippen LogP contribution is -2.16. The van der Waals surface area contributed by atoms with Crippen molar-refractivity contribution in [2.45, 2.75) is 12.5 Å². The van der Waals surface area contributed by atoms with Gasteiger partial charge in [-0.3, -0.25) is 0 Å². The molecule has 0 radical (unpaired) electrons. The second kappa shape index (κ2) is 4.36. The maximum absolute atomic E-state index is 5.72. The molecule has 1 heterocycles. The molecule has 1 aromatic rings. The number of hydrogen-bond acceptors (Lipinski definition) is 3. The van der Waals surface area contributed by atoms with Gasteiger partial charge >= 0.3 is 0 Å². The van der Waals surface area contributed by atoms with Crippen LogP contribution in [0.1, 0.15) is 6.42 Å². The molecule has 0 saturated heterocycles. The van der Waals surface area contributed by atoms with Crippen LogP contribution in [0.3, 0.4) is 0 Å². The second-order valence-electron chi connectivity index (χ2n) is 3.27. The lowest BCUT2D eigenvalue weighted by molar-refractivity contribution is 0.241. The minimum atomic E-state index is 0.00553. The lowest BCUT2D eigenvalue weighted by Gasteiger charge is -2.16. The SMILES string of the molecule is NC1=CCC(Oc2ccc(Cl)cn2)C=C1. The first-order valence-corrected chi connectivity index (χ1v) is 5.04. The third-order valence-corrected chi connectivity index (χ3v) is 2.29. The molecule has 1 aliphatic rings. The average Bonchev–Trinajstić information content (AvgIpc) is 2.25. The molecule has 0 aliphatic heterocycles. The molecule has 0 bridgehead atoms. The maximum Gasteiger partial charge on any atom is 0.213 e. The maximum atomic E-state index is 5.72. The van der Waals surface area contributed by atoms with E-state index in [2.05, 4.69) is 4.98 Å². The summed E-state index contributed by atoms with van der Waals surface area (Å²) in [5.74, 6) is 0.572. The van der Waals surface area contributed by atoms with Gasteiger partial charge in [-0.05, 0) is 18.2 Å². The van der Waals surface area contributed by atoms with Crippen molar-refractivity contribution in [1.29, 1.82) is 0 Å². The molecule has 1 unspecified atom stereocenters. The van der Waals surface area contributed by atoms with Crippen molar-refractivity contribution in [3.05, 3.63) is 47.3 Å². The molecule has 1 aliphatic carbocycles. The van der Waals surface area contributed by atoms with Crippen LogP contribution < -0.4 is 10.5 Å². The Labute approximate surface area is 93.2 Å². The van der Waals surface area contributed by atoms with Crippen LogP contribution in [0.15, 0.2) is 42.3 Å². The fraction of sp³-hybridized carbons (Fsp3) is 0.182. The van der Waals surface area contributed by atoms with Crippen LogP contribution in [0.25, 0.3) is 0 Å². The van der Waals surface area contributed by atoms with Gasteiger partial charge in [0.05, 0.1) is 5.02 Å². The van der Waals surface area contributed by atoms with Crippen LogP contribution in [-0.4, -0.2) is 11.1 Å². The molecule has 0 aromatic carbocycles. The van der Waals surface area contributed by atoms with Gasteiger partial charge in [-0.25, -0.2) is 4.98 Å². The van der Waals surface area contributed by atoms with Crippen molar-refractivity contribution >= 4 is 11.6 Å². The Morgan fingerprint density at radius 2 is 2.33 bits per heavy atom. The number of nitrogens with two attached hydrogens (primary N) is 1. The standard InChI is InChI=1S/C11H11ClN2O/c12-8-1-6-11(14-7-8)15-10-4-2-9(13)3-5-10/h1-4,6-7,10H,5,13H2. The third kappa shape index (κ3) is 2.73. The molecular weight excluding hydrogens is 212 g/mol. The van der Waals surface area contributed by atoms with Crippen LogP contribution in [0.5, 0.6) is 5.88 Å². The van der Waals surface area contributed by atoms with E-state index in [0.717, 1.165) is 12.1 Å². The molecule has 1 atom stereocenters. The largest absolute Gasteiger partial charge is 0.470 e. The summed E-state index contributed by atoms with van der Waals surface area (Å²) in [6.07, 6.45) is 8.03. The van der Waals surface area contributed by atoms with Crippen LogP contribution >= 0.6 is 11.6 Å². The lowest BCUT2D eigenvalue weighted by atomic mass is 10.1. The number of nitrogens with zero attached hydrogens (tertiary/aromatic N) is 1. The Hall–Kier alpha value is -1.48. The van der Waals surface area contributed by atoms with E-state index < -0.39 is 0 Å². The number of aromatic nitrogens is 1. The summed E-state index contributed by atoms with van der Waals surface area (Å²) in [6, 6.07) is 3.50. The summed E-state index contributed by atoms with van der Waals surface area (Å²) >= 11 is 5.72. The summed E-state index contributed by atoms with van der Waals surface area (Å²) in [5, 5.41) is 0.602. The molecule has 0 fully saturated rings. The predicted molar refractivity (Wildman–Crippen MR) is 59.7 cm³/mol. The first-order valence-electron chi connectivity index (χ1n) is 4.66. The van der Waals surface area contributed by atoms with E-state index in [1.807, 2.05) is 18.2 Å². The predicted octanol–water partition coefficient (Wildman–Crippen LogP) is 2.28. The first-order chi connectivity index (χ1) is 7.24. The summed E-state index contributed by atoms with van der Waals surface area (Å²) in [6.45, 7) is 0. The van der Waals surface area contributed by atoms with Crippen molar-refractivity contribution in [3.8, 4) is 5.88 Å². The first kappa shape index (κ1) is 10.1.